The van der Waals surface area contributed by atoms with E-state index in [4.69, 9.17) is 0 Å². The summed E-state index contributed by atoms with van der Waals surface area (Å²) in [5, 5.41) is 9.48. The summed E-state index contributed by atoms with van der Waals surface area (Å²) in [6, 6.07) is 0. The topological polar surface area (TPSA) is 56.5 Å². The van der Waals surface area contributed by atoms with Crippen molar-refractivity contribution >= 4 is 23.3 Å². The Morgan fingerprint density at radius 2 is 2.18 bits per heavy atom. The highest BCUT2D eigenvalue weighted by molar-refractivity contribution is 8.00. The molecule has 17 heavy (non-hydrogen) atoms. The molecule has 0 spiro atoms. The third kappa shape index (κ3) is 2.35. The van der Waals surface area contributed by atoms with Gasteiger partial charge in [0.15, 0.2) is 9.50 Å². The Morgan fingerprint density at radius 3 is 3.00 bits per heavy atom. The van der Waals surface area contributed by atoms with E-state index in [1.165, 1.54) is 30.8 Å². The van der Waals surface area contributed by atoms with Crippen LogP contribution in [0.15, 0.2) is 9.50 Å². The first-order chi connectivity index (χ1) is 8.33. The van der Waals surface area contributed by atoms with Crippen LogP contribution in [0.5, 0.6) is 0 Å². The van der Waals surface area contributed by atoms with E-state index in [1.807, 2.05) is 6.92 Å². The molecule has 0 N–H and O–H groups in total. The standard InChI is InChI=1S/C10H13N5S2/c1-7-11-10(17-14-7)16-9-13-12-8-5-3-2-4-6-15(8)9/h2-6H2,1H3. The molecule has 1 aliphatic heterocycles. The van der Waals surface area contributed by atoms with E-state index in [2.05, 4.69) is 24.1 Å². The number of aromatic nitrogens is 5. The number of aryl methyl sites for hydroxylation is 2. The monoisotopic (exact) mass is 267 g/mol. The van der Waals surface area contributed by atoms with E-state index in [1.54, 1.807) is 11.8 Å². The number of hydrogen-bond acceptors (Lipinski definition) is 6. The lowest BCUT2D eigenvalue weighted by Gasteiger charge is -2.03. The van der Waals surface area contributed by atoms with Gasteiger partial charge in [0.25, 0.3) is 0 Å². The summed E-state index contributed by atoms with van der Waals surface area (Å²) in [5.41, 5.74) is 0. The summed E-state index contributed by atoms with van der Waals surface area (Å²) in [6.45, 7) is 2.94. The molecule has 1 aliphatic rings. The Labute approximate surface area is 108 Å². The molecule has 0 radical (unpaired) electrons. The predicted octanol–water partition coefficient (Wildman–Crippen LogP) is 2.32. The van der Waals surface area contributed by atoms with Crippen molar-refractivity contribution in [3.8, 4) is 0 Å². The summed E-state index contributed by atoms with van der Waals surface area (Å²) in [7, 11) is 0. The van der Waals surface area contributed by atoms with Crippen molar-refractivity contribution in [3.05, 3.63) is 11.6 Å². The summed E-state index contributed by atoms with van der Waals surface area (Å²) in [4.78, 5) is 4.35. The van der Waals surface area contributed by atoms with Crippen LogP contribution < -0.4 is 0 Å². The van der Waals surface area contributed by atoms with Crippen LogP contribution in [0.4, 0.5) is 0 Å². The van der Waals surface area contributed by atoms with Gasteiger partial charge < -0.3 is 4.57 Å². The summed E-state index contributed by atoms with van der Waals surface area (Å²) in [5.74, 6) is 1.94. The third-order valence-corrected chi connectivity index (χ3v) is 4.59. The largest absolute Gasteiger partial charge is 0.306 e. The predicted molar refractivity (Wildman–Crippen MR) is 66.3 cm³/mol. The SMILES string of the molecule is Cc1nsc(Sc2nnc3n2CCCCC3)n1. The van der Waals surface area contributed by atoms with Crippen molar-refractivity contribution in [3.63, 3.8) is 0 Å². The molecule has 0 aliphatic carbocycles. The molecule has 2 aromatic heterocycles. The molecule has 0 saturated carbocycles. The molecule has 0 aromatic carbocycles. The Hall–Kier alpha value is -0.950. The number of rotatable bonds is 2. The normalized spacial score (nSPS) is 15.6. The molecule has 2 aromatic rings. The second-order valence-electron chi connectivity index (χ2n) is 4.07. The van der Waals surface area contributed by atoms with Crippen LogP contribution in [0.25, 0.3) is 0 Å². The molecule has 0 amide bonds. The second-order valence-corrected chi connectivity index (χ2v) is 6.04. The van der Waals surface area contributed by atoms with Crippen molar-refractivity contribution in [1.29, 1.82) is 0 Å². The highest BCUT2D eigenvalue weighted by Gasteiger charge is 2.16. The molecule has 0 atom stereocenters. The molecule has 3 rings (SSSR count). The minimum atomic E-state index is 0.827. The molecule has 90 valence electrons. The van der Waals surface area contributed by atoms with Crippen LogP contribution in [0, 0.1) is 6.92 Å². The van der Waals surface area contributed by atoms with Gasteiger partial charge in [-0.05, 0) is 43.1 Å². The Balaban J connectivity index is 1.86. The van der Waals surface area contributed by atoms with Gasteiger partial charge in [-0.15, -0.1) is 10.2 Å². The fourth-order valence-electron chi connectivity index (χ4n) is 1.93. The lowest BCUT2D eigenvalue weighted by atomic mass is 10.2. The highest BCUT2D eigenvalue weighted by atomic mass is 32.2. The smallest absolute Gasteiger partial charge is 0.198 e. The summed E-state index contributed by atoms with van der Waals surface area (Å²) >= 11 is 3.00. The Morgan fingerprint density at radius 1 is 1.24 bits per heavy atom. The van der Waals surface area contributed by atoms with Crippen LogP contribution in [0.2, 0.25) is 0 Å². The van der Waals surface area contributed by atoms with E-state index >= 15 is 0 Å². The second kappa shape index (κ2) is 4.73. The fraction of sp³-hybridized carbons (Fsp3) is 0.600. The van der Waals surface area contributed by atoms with Crippen LogP contribution in [0.1, 0.15) is 30.9 Å². The zero-order chi connectivity index (χ0) is 11.7. The maximum atomic E-state index is 4.35. The molecule has 0 saturated heterocycles. The maximum Gasteiger partial charge on any atom is 0.198 e. The van der Waals surface area contributed by atoms with Gasteiger partial charge in [0.2, 0.25) is 0 Å². The first-order valence-electron chi connectivity index (χ1n) is 5.73. The van der Waals surface area contributed by atoms with Gasteiger partial charge in [-0.2, -0.15) is 4.37 Å². The van der Waals surface area contributed by atoms with Gasteiger partial charge >= 0.3 is 0 Å². The average Bonchev–Trinajstić information content (AvgIpc) is 2.80. The van der Waals surface area contributed by atoms with Gasteiger partial charge in [0.1, 0.15) is 11.6 Å². The minimum Gasteiger partial charge on any atom is -0.306 e. The van der Waals surface area contributed by atoms with Gasteiger partial charge in [-0.25, -0.2) is 4.98 Å². The van der Waals surface area contributed by atoms with E-state index < -0.39 is 0 Å². The first-order valence-corrected chi connectivity index (χ1v) is 7.32. The quantitative estimate of drug-likeness (QED) is 0.835. The Kier molecular flexibility index (Phi) is 3.11. The summed E-state index contributed by atoms with van der Waals surface area (Å²) in [6.07, 6.45) is 4.77. The average molecular weight is 267 g/mol. The fourth-order valence-corrected chi connectivity index (χ4v) is 3.56. The molecule has 0 fully saturated rings. The van der Waals surface area contributed by atoms with E-state index in [-0.39, 0.29) is 0 Å². The van der Waals surface area contributed by atoms with Crippen molar-refractivity contribution in [2.45, 2.75) is 48.6 Å². The minimum absolute atomic E-state index is 0.827. The van der Waals surface area contributed by atoms with Crippen molar-refractivity contribution in [1.82, 2.24) is 24.1 Å². The van der Waals surface area contributed by atoms with E-state index in [0.29, 0.717) is 0 Å². The lowest BCUT2D eigenvalue weighted by Crippen LogP contribution is -2.01. The van der Waals surface area contributed by atoms with Crippen LogP contribution in [-0.4, -0.2) is 24.1 Å². The van der Waals surface area contributed by atoms with Gasteiger partial charge in [-0.1, -0.05) is 6.42 Å². The zero-order valence-corrected chi connectivity index (χ0v) is 11.2. The number of fused-ring (bicyclic) bond motifs is 1. The molecule has 7 heteroatoms. The van der Waals surface area contributed by atoms with Crippen molar-refractivity contribution < 1.29 is 0 Å². The number of hydrogen-bond donors (Lipinski definition) is 0. The highest BCUT2D eigenvalue weighted by Crippen LogP contribution is 2.29. The van der Waals surface area contributed by atoms with Crippen LogP contribution in [-0.2, 0) is 13.0 Å². The van der Waals surface area contributed by atoms with E-state index in [9.17, 15) is 0 Å². The van der Waals surface area contributed by atoms with Crippen LogP contribution in [0.3, 0.4) is 0 Å². The molecule has 3 heterocycles. The van der Waals surface area contributed by atoms with Crippen molar-refractivity contribution in [2.24, 2.45) is 0 Å². The molecular weight excluding hydrogens is 254 g/mol. The van der Waals surface area contributed by atoms with Gasteiger partial charge in [-0.3, -0.25) is 0 Å². The van der Waals surface area contributed by atoms with Crippen molar-refractivity contribution in [2.75, 3.05) is 0 Å². The molecule has 0 bridgehead atoms. The molecular formula is C10H13N5S2. The molecule has 5 nitrogen and oxygen atoms in total. The number of nitrogens with zero attached hydrogens (tertiary/aromatic N) is 5. The zero-order valence-electron chi connectivity index (χ0n) is 9.59. The van der Waals surface area contributed by atoms with Gasteiger partial charge in [0.05, 0.1) is 0 Å². The van der Waals surface area contributed by atoms with Crippen LogP contribution >= 0.6 is 23.3 Å². The van der Waals surface area contributed by atoms with Gasteiger partial charge in [0, 0.05) is 13.0 Å². The maximum absolute atomic E-state index is 4.35. The van der Waals surface area contributed by atoms with E-state index in [0.717, 1.165) is 34.1 Å². The first kappa shape index (κ1) is 11.2. The third-order valence-electron chi connectivity index (χ3n) is 2.76. The lowest BCUT2D eigenvalue weighted by molar-refractivity contribution is 0.591. The Bertz CT molecular complexity index is 518. The molecule has 0 unspecified atom stereocenters. The summed E-state index contributed by atoms with van der Waals surface area (Å²) < 4.78 is 7.36.